The van der Waals surface area contributed by atoms with Crippen molar-refractivity contribution in [1.29, 1.82) is 0 Å². The van der Waals surface area contributed by atoms with Gasteiger partial charge in [0.15, 0.2) is 5.78 Å². The number of aliphatic hydroxyl groups is 1. The van der Waals surface area contributed by atoms with Crippen molar-refractivity contribution < 1.29 is 14.6 Å². The van der Waals surface area contributed by atoms with E-state index < -0.39 is 6.10 Å². The Morgan fingerprint density at radius 1 is 1.24 bits per heavy atom. The van der Waals surface area contributed by atoms with E-state index in [1.54, 1.807) is 24.3 Å². The lowest BCUT2D eigenvalue weighted by molar-refractivity contribution is 0.0504. The Morgan fingerprint density at radius 3 is 2.43 bits per heavy atom. The van der Waals surface area contributed by atoms with Crippen molar-refractivity contribution in [2.75, 3.05) is 46.4 Å². The predicted octanol–water partition coefficient (Wildman–Crippen LogP) is 0.876. The molecule has 116 valence electrons. The van der Waals surface area contributed by atoms with Gasteiger partial charge in [-0.15, -0.1) is 0 Å². The smallest absolute Gasteiger partial charge is 0.159 e. The molecule has 0 spiro atoms. The second-order valence-electron chi connectivity index (χ2n) is 5.65. The highest BCUT2D eigenvalue weighted by Gasteiger charge is 2.17. The van der Waals surface area contributed by atoms with Gasteiger partial charge in [-0.05, 0) is 38.2 Å². The van der Waals surface area contributed by atoms with Crippen LogP contribution in [0, 0.1) is 0 Å². The zero-order chi connectivity index (χ0) is 15.2. The fraction of sp³-hybridized carbons (Fsp3) is 0.562. The fourth-order valence-corrected chi connectivity index (χ4v) is 2.36. The summed E-state index contributed by atoms with van der Waals surface area (Å²) in [7, 11) is 2.11. The van der Waals surface area contributed by atoms with Gasteiger partial charge in [0.2, 0.25) is 0 Å². The summed E-state index contributed by atoms with van der Waals surface area (Å²) in [6.07, 6.45) is -0.499. The van der Waals surface area contributed by atoms with Crippen LogP contribution in [0.4, 0.5) is 0 Å². The first kappa shape index (κ1) is 15.9. The normalized spacial score (nSPS) is 18.4. The number of β-amino-alcohol motifs (C(OH)–C–C–N with tert-alkyl or cyclic N) is 1. The molecule has 0 unspecified atom stereocenters. The number of aliphatic hydroxyl groups excluding tert-OH is 1. The first-order chi connectivity index (χ1) is 10.0. The number of hydrogen-bond acceptors (Lipinski definition) is 5. The summed E-state index contributed by atoms with van der Waals surface area (Å²) in [6.45, 7) is 6.50. The molecule has 5 heteroatoms. The van der Waals surface area contributed by atoms with Crippen molar-refractivity contribution >= 4 is 5.78 Å². The second-order valence-corrected chi connectivity index (χ2v) is 5.65. The highest BCUT2D eigenvalue weighted by atomic mass is 16.5. The third-order valence-electron chi connectivity index (χ3n) is 3.77. The van der Waals surface area contributed by atoms with Gasteiger partial charge in [-0.3, -0.25) is 9.69 Å². The number of benzene rings is 1. The van der Waals surface area contributed by atoms with Gasteiger partial charge in [0.25, 0.3) is 0 Å². The summed E-state index contributed by atoms with van der Waals surface area (Å²) < 4.78 is 5.57. The van der Waals surface area contributed by atoms with Gasteiger partial charge in [-0.2, -0.15) is 0 Å². The molecule has 1 aromatic rings. The predicted molar refractivity (Wildman–Crippen MR) is 81.9 cm³/mol. The van der Waals surface area contributed by atoms with Crippen LogP contribution in [0.3, 0.4) is 0 Å². The average Bonchev–Trinajstić information content (AvgIpc) is 2.48. The summed E-state index contributed by atoms with van der Waals surface area (Å²) in [6, 6.07) is 7.01. The minimum Gasteiger partial charge on any atom is -0.491 e. The molecule has 21 heavy (non-hydrogen) atoms. The molecule has 2 rings (SSSR count). The van der Waals surface area contributed by atoms with E-state index in [9.17, 15) is 9.90 Å². The molecule has 1 heterocycles. The molecular weight excluding hydrogens is 268 g/mol. The molecule has 1 N–H and O–H groups in total. The van der Waals surface area contributed by atoms with E-state index in [0.29, 0.717) is 17.9 Å². The average molecular weight is 292 g/mol. The number of Topliss-reactive ketones (excluding diaryl/α,β-unsaturated/α-hetero) is 1. The number of rotatable bonds is 6. The van der Waals surface area contributed by atoms with Crippen molar-refractivity contribution in [2.45, 2.75) is 13.0 Å². The summed E-state index contributed by atoms with van der Waals surface area (Å²) >= 11 is 0. The maximum absolute atomic E-state index is 11.2. The van der Waals surface area contributed by atoms with Gasteiger partial charge in [0.1, 0.15) is 18.5 Å². The van der Waals surface area contributed by atoms with E-state index in [4.69, 9.17) is 4.74 Å². The van der Waals surface area contributed by atoms with Crippen LogP contribution in [-0.2, 0) is 0 Å². The molecule has 1 fully saturated rings. The van der Waals surface area contributed by atoms with Crippen molar-refractivity contribution in [1.82, 2.24) is 9.80 Å². The van der Waals surface area contributed by atoms with Crippen LogP contribution < -0.4 is 4.74 Å². The van der Waals surface area contributed by atoms with E-state index in [0.717, 1.165) is 26.2 Å². The highest BCUT2D eigenvalue weighted by Crippen LogP contribution is 2.13. The summed E-state index contributed by atoms with van der Waals surface area (Å²) in [5, 5.41) is 10.0. The lowest BCUT2D eigenvalue weighted by atomic mass is 10.1. The molecule has 0 bridgehead atoms. The van der Waals surface area contributed by atoms with Crippen LogP contribution in [0.15, 0.2) is 24.3 Å². The van der Waals surface area contributed by atoms with Gasteiger partial charge in [0, 0.05) is 38.3 Å². The van der Waals surface area contributed by atoms with Crippen LogP contribution in [0.5, 0.6) is 5.75 Å². The lowest BCUT2D eigenvalue weighted by Gasteiger charge is -2.33. The maximum atomic E-state index is 11.2. The summed E-state index contributed by atoms with van der Waals surface area (Å²) in [5.74, 6) is 0.717. The Morgan fingerprint density at radius 2 is 1.86 bits per heavy atom. The van der Waals surface area contributed by atoms with E-state index in [2.05, 4.69) is 16.8 Å². The Kier molecular flexibility index (Phi) is 5.73. The number of carbonyl (C=O) groups excluding carboxylic acids is 1. The van der Waals surface area contributed by atoms with E-state index >= 15 is 0 Å². The SMILES string of the molecule is CC(=O)c1ccc(OC[C@@H](O)CN2CCN(C)CC2)cc1. The molecule has 5 nitrogen and oxygen atoms in total. The first-order valence-electron chi connectivity index (χ1n) is 7.37. The topological polar surface area (TPSA) is 53.0 Å². The molecule has 1 aliphatic rings. The number of piperazine rings is 1. The molecule has 0 radical (unpaired) electrons. The largest absolute Gasteiger partial charge is 0.491 e. The Hall–Kier alpha value is -1.43. The van der Waals surface area contributed by atoms with Gasteiger partial charge in [-0.25, -0.2) is 0 Å². The minimum atomic E-state index is -0.499. The monoisotopic (exact) mass is 292 g/mol. The lowest BCUT2D eigenvalue weighted by Crippen LogP contribution is -2.47. The zero-order valence-electron chi connectivity index (χ0n) is 12.8. The molecule has 1 aromatic carbocycles. The van der Waals surface area contributed by atoms with Crippen molar-refractivity contribution in [3.05, 3.63) is 29.8 Å². The van der Waals surface area contributed by atoms with Crippen molar-refractivity contribution in [3.8, 4) is 5.75 Å². The molecule has 0 saturated carbocycles. The van der Waals surface area contributed by atoms with Crippen LogP contribution in [0.1, 0.15) is 17.3 Å². The highest BCUT2D eigenvalue weighted by molar-refractivity contribution is 5.94. The Labute approximate surface area is 126 Å². The Balaban J connectivity index is 1.73. The van der Waals surface area contributed by atoms with Crippen LogP contribution in [0.25, 0.3) is 0 Å². The molecule has 0 aromatic heterocycles. The van der Waals surface area contributed by atoms with E-state index in [1.807, 2.05) is 0 Å². The van der Waals surface area contributed by atoms with Gasteiger partial charge < -0.3 is 14.7 Å². The fourth-order valence-electron chi connectivity index (χ4n) is 2.36. The number of hydrogen-bond donors (Lipinski definition) is 1. The molecule has 1 saturated heterocycles. The van der Waals surface area contributed by atoms with E-state index in [1.165, 1.54) is 6.92 Å². The van der Waals surface area contributed by atoms with Gasteiger partial charge >= 0.3 is 0 Å². The zero-order valence-corrected chi connectivity index (χ0v) is 12.8. The third-order valence-corrected chi connectivity index (χ3v) is 3.77. The maximum Gasteiger partial charge on any atom is 0.159 e. The Bertz CT molecular complexity index is 453. The standard InChI is InChI=1S/C16H24N2O3/c1-13(19)14-3-5-16(6-4-14)21-12-15(20)11-18-9-7-17(2)8-10-18/h3-6,15,20H,7-12H2,1-2H3/t15-/m0/s1. The van der Waals surface area contributed by atoms with Crippen molar-refractivity contribution in [2.24, 2.45) is 0 Å². The van der Waals surface area contributed by atoms with Crippen molar-refractivity contribution in [3.63, 3.8) is 0 Å². The van der Waals surface area contributed by atoms with Crippen LogP contribution >= 0.6 is 0 Å². The first-order valence-corrected chi connectivity index (χ1v) is 7.37. The molecule has 1 aliphatic heterocycles. The number of nitrogens with zero attached hydrogens (tertiary/aromatic N) is 2. The number of ketones is 1. The van der Waals surface area contributed by atoms with E-state index in [-0.39, 0.29) is 12.4 Å². The van der Waals surface area contributed by atoms with Gasteiger partial charge in [0.05, 0.1) is 0 Å². The quantitative estimate of drug-likeness (QED) is 0.789. The summed E-state index contributed by atoms with van der Waals surface area (Å²) in [4.78, 5) is 15.7. The molecule has 0 aliphatic carbocycles. The minimum absolute atomic E-state index is 0.0386. The number of ether oxygens (including phenoxy) is 1. The van der Waals surface area contributed by atoms with Crippen LogP contribution in [-0.4, -0.2) is 73.2 Å². The molecular formula is C16H24N2O3. The van der Waals surface area contributed by atoms with Gasteiger partial charge in [-0.1, -0.05) is 0 Å². The molecule has 0 amide bonds. The number of likely N-dealkylation sites (N-methyl/N-ethyl adjacent to an activating group) is 1. The second kappa shape index (κ2) is 7.54. The summed E-state index contributed by atoms with van der Waals surface area (Å²) in [5.41, 5.74) is 0.667. The van der Waals surface area contributed by atoms with Crippen LogP contribution in [0.2, 0.25) is 0 Å². The molecule has 1 atom stereocenters. The third kappa shape index (κ3) is 5.12. The number of carbonyl (C=O) groups is 1.